The Labute approximate surface area is 692 Å². The van der Waals surface area contributed by atoms with Gasteiger partial charge in [-0.05, 0) is 261 Å². The van der Waals surface area contributed by atoms with Crippen molar-refractivity contribution in [3.63, 3.8) is 0 Å². The van der Waals surface area contributed by atoms with Crippen molar-refractivity contribution in [1.29, 1.82) is 0 Å². The predicted molar refractivity (Wildman–Crippen MR) is 452 cm³/mol. The molecule has 113 heavy (non-hydrogen) atoms. The second-order valence-corrected chi connectivity index (χ2v) is 41.7. The van der Waals surface area contributed by atoms with Gasteiger partial charge in [-0.2, -0.15) is 12.6 Å². The Hall–Kier alpha value is -3.10. The van der Waals surface area contributed by atoms with E-state index >= 15 is 0 Å². The molecule has 652 valence electrons. The summed E-state index contributed by atoms with van der Waals surface area (Å²) in [6, 6.07) is 0. The maximum absolute atomic E-state index is 13.4. The van der Waals surface area contributed by atoms with E-state index in [1.54, 1.807) is 18.3 Å². The molecular formula is C95H164O17S. The second kappa shape index (κ2) is 41.4. The molecule has 0 saturated heterocycles. The molecule has 6 saturated carbocycles. The van der Waals surface area contributed by atoms with Crippen LogP contribution in [0.15, 0.2) is 23.3 Å². The number of hydrogen-bond donors (Lipinski definition) is 1. The molecule has 18 heteroatoms. The number of esters is 5. The third-order valence-corrected chi connectivity index (χ3v) is 33.0. The van der Waals surface area contributed by atoms with Crippen LogP contribution in [0.2, 0.25) is 0 Å². The monoisotopic (exact) mass is 1610 g/mol. The van der Waals surface area contributed by atoms with Gasteiger partial charge in [0.1, 0.15) is 19.8 Å². The van der Waals surface area contributed by atoms with E-state index in [1.165, 1.54) is 103 Å². The number of carbonyl (C=O) groups is 5. The molecule has 6 fully saturated rings. The molecule has 0 aromatic rings. The van der Waals surface area contributed by atoms with Crippen LogP contribution in [0.5, 0.6) is 0 Å². The summed E-state index contributed by atoms with van der Waals surface area (Å²) in [7, 11) is 1.63. The van der Waals surface area contributed by atoms with Crippen LogP contribution >= 0.6 is 12.6 Å². The summed E-state index contributed by atoms with van der Waals surface area (Å²) < 4.78 is 66.9. The van der Waals surface area contributed by atoms with Crippen molar-refractivity contribution < 1.29 is 80.8 Å². The highest BCUT2D eigenvalue weighted by atomic mass is 32.1. The molecule has 0 radical (unpaired) electrons. The number of ether oxygens (including phenoxy) is 12. The van der Waals surface area contributed by atoms with E-state index in [1.807, 2.05) is 55.4 Å². The molecule has 0 aliphatic heterocycles. The number of hydrogen-bond acceptors (Lipinski definition) is 18. The standard InChI is InChI=1S/C48H82O9S.C47H82O8/c1-12-44(7,42(51)55-29-27-53-25-24-52-26-28-54-40(49)31-58)32-43(5,6)41(50)57-33-56-37-18-20-47(10)36(30-37)16-17-39-46(9)23-22-45(8,35(4)15-13-14-34(2)3)38(46)19-21-48(39,47)11;1-13-43(7,41(49)53-30-29-52-28-27-51-26-25-50-12)32-42(5,6)40(48)55-33-54-37-19-21-46(10)36(31-37)17-18-39-45(9)24-23-44(8,35(4)16-14-15-34(2)3)38(45)20-22-47(39,46)11/h16,34-35,37-39,58H,12-15,17-33H2,1-11H3;17,34-35,37-39H,13-16,18-33H2,1-12H3/t35-,37?,38-,39+,44?,45-,46-,47+,48+;35-,37?,38-,39+,43?,44-,45-,46+,47+/m11/s1. The lowest BCUT2D eigenvalue weighted by Gasteiger charge is -2.66. The highest BCUT2D eigenvalue weighted by molar-refractivity contribution is 7.81. The minimum atomic E-state index is -0.917. The number of methoxy groups -OCH3 is 1. The highest BCUT2D eigenvalue weighted by Crippen LogP contribution is 2.77. The fourth-order valence-corrected chi connectivity index (χ4v) is 24.5. The smallest absolute Gasteiger partial charge is 0.315 e. The largest absolute Gasteiger partial charge is 0.463 e. The summed E-state index contributed by atoms with van der Waals surface area (Å²) in [5.41, 5.74) is 2.18. The summed E-state index contributed by atoms with van der Waals surface area (Å²) in [5, 5.41) is 0. The summed E-state index contributed by atoms with van der Waals surface area (Å²) in [6.45, 7) is 54.2. The molecule has 0 bridgehead atoms. The van der Waals surface area contributed by atoms with Crippen molar-refractivity contribution in [3.8, 4) is 0 Å². The van der Waals surface area contributed by atoms with Gasteiger partial charge in [0.2, 0.25) is 0 Å². The molecule has 0 N–H and O–H groups in total. The Kier molecular flexibility index (Phi) is 35.6. The molecule has 8 aliphatic carbocycles. The molecule has 0 heterocycles. The van der Waals surface area contributed by atoms with Crippen LogP contribution in [0.4, 0.5) is 0 Å². The quantitative estimate of drug-likeness (QED) is 0.0151. The fourth-order valence-electron chi connectivity index (χ4n) is 24.4. The molecule has 0 aromatic carbocycles. The van der Waals surface area contributed by atoms with Gasteiger partial charge in [-0.1, -0.05) is 173 Å². The lowest BCUT2D eigenvalue weighted by molar-refractivity contribution is -0.180. The van der Waals surface area contributed by atoms with Gasteiger partial charge in [-0.25, -0.2) is 0 Å². The zero-order valence-electron chi connectivity index (χ0n) is 75.8. The van der Waals surface area contributed by atoms with Crippen LogP contribution in [0, 0.1) is 112 Å². The van der Waals surface area contributed by atoms with E-state index in [-0.39, 0.29) is 129 Å². The Morgan fingerprint density at radius 1 is 0.434 bits per heavy atom. The summed E-state index contributed by atoms with van der Waals surface area (Å²) in [6.07, 6.45) is 34.2. The molecule has 8 rings (SSSR count). The van der Waals surface area contributed by atoms with Gasteiger partial charge < -0.3 is 56.8 Å². The van der Waals surface area contributed by atoms with Gasteiger partial charge in [-0.15, -0.1) is 0 Å². The van der Waals surface area contributed by atoms with Crippen molar-refractivity contribution in [3.05, 3.63) is 23.3 Å². The Morgan fingerprint density at radius 3 is 1.13 bits per heavy atom. The second-order valence-electron chi connectivity index (χ2n) is 41.4. The molecular weight excluding hydrogens is 1450 g/mol. The Balaban J connectivity index is 0.000000314. The van der Waals surface area contributed by atoms with Crippen molar-refractivity contribution in [2.45, 2.75) is 331 Å². The predicted octanol–water partition coefficient (Wildman–Crippen LogP) is 21.3. The summed E-state index contributed by atoms with van der Waals surface area (Å²) >= 11 is 3.85. The van der Waals surface area contributed by atoms with E-state index in [2.05, 4.69) is 122 Å². The lowest BCUT2D eigenvalue weighted by atomic mass is 9.39. The molecule has 0 amide bonds. The molecule has 8 aliphatic rings. The first-order valence-corrected chi connectivity index (χ1v) is 45.6. The third-order valence-electron chi connectivity index (χ3n) is 32.7. The first-order valence-electron chi connectivity index (χ1n) is 44.9. The zero-order chi connectivity index (χ0) is 83.7. The number of allylic oxidation sites excluding steroid dienone is 2. The van der Waals surface area contributed by atoms with Crippen molar-refractivity contribution in [2.75, 3.05) is 106 Å². The molecule has 17 nitrogen and oxygen atoms in total. The molecule has 18 atom stereocenters. The van der Waals surface area contributed by atoms with Crippen molar-refractivity contribution in [2.24, 2.45) is 112 Å². The van der Waals surface area contributed by atoms with E-state index in [0.29, 0.717) is 92.4 Å². The van der Waals surface area contributed by atoms with Crippen LogP contribution in [0.1, 0.15) is 319 Å². The van der Waals surface area contributed by atoms with Crippen LogP contribution in [-0.4, -0.2) is 148 Å². The lowest BCUT2D eigenvalue weighted by Crippen LogP contribution is -2.58. The average Bonchev–Trinajstić information content (AvgIpc) is 1.65. The fraction of sp³-hybridized carbons (Fsp3) is 0.905. The van der Waals surface area contributed by atoms with Gasteiger partial charge in [0.25, 0.3) is 0 Å². The van der Waals surface area contributed by atoms with Crippen LogP contribution in [-0.2, 0) is 80.8 Å². The van der Waals surface area contributed by atoms with E-state index in [9.17, 15) is 24.0 Å². The maximum Gasteiger partial charge on any atom is 0.315 e. The van der Waals surface area contributed by atoms with Crippen LogP contribution < -0.4 is 0 Å². The summed E-state index contributed by atoms with van der Waals surface area (Å²) in [5.74, 6) is 4.40. The van der Waals surface area contributed by atoms with Crippen molar-refractivity contribution in [1.82, 2.24) is 0 Å². The maximum atomic E-state index is 13.4. The number of thiol groups is 1. The first-order chi connectivity index (χ1) is 53.0. The minimum Gasteiger partial charge on any atom is -0.463 e. The van der Waals surface area contributed by atoms with Crippen LogP contribution in [0.25, 0.3) is 0 Å². The van der Waals surface area contributed by atoms with Gasteiger partial charge in [0, 0.05) is 7.11 Å². The first kappa shape index (κ1) is 97.0. The average molecular weight is 1610 g/mol. The van der Waals surface area contributed by atoms with E-state index in [4.69, 9.17) is 56.8 Å². The highest BCUT2D eigenvalue weighted by Gasteiger charge is 2.69. The van der Waals surface area contributed by atoms with Gasteiger partial charge in [0.15, 0.2) is 13.6 Å². The number of fused-ring (bicyclic) bond motifs is 10. The minimum absolute atomic E-state index is 0.0243. The molecule has 0 aromatic heterocycles. The SMILES string of the molecule is CCC(C)(CC(C)(C)C(=O)OCOC1CC[C@@]2(C)C(=CC[C@H]3[C@]4(C)CC[C@](C)([C@H](C)CCCC(C)C)[C@H]4CC[C@@]32C)C1)C(=O)OCCOCCOCCOC.CCC(C)(CC(C)(C)C(=O)OCOC1CC[C@@]2(C)C(=CC[C@H]3[C@]4(C)CC[C@](C)([C@H](C)CCCC(C)C)[C@H]4CC[C@@]32C)C1)C(=O)OCCOCCOCCOC(=O)CS. The number of carbonyl (C=O) groups excluding carboxylic acids is 5. The van der Waals surface area contributed by atoms with Gasteiger partial charge >= 0.3 is 29.8 Å². The van der Waals surface area contributed by atoms with Gasteiger partial charge in [-0.3, -0.25) is 24.0 Å². The van der Waals surface area contributed by atoms with E-state index in [0.717, 1.165) is 74.0 Å². The molecule has 0 spiro atoms. The molecule has 4 unspecified atom stereocenters. The summed E-state index contributed by atoms with van der Waals surface area (Å²) in [4.78, 5) is 64.3. The Morgan fingerprint density at radius 2 is 0.788 bits per heavy atom. The van der Waals surface area contributed by atoms with Gasteiger partial charge in [0.05, 0.1) is 99.1 Å². The Bertz CT molecular complexity index is 3110. The number of rotatable bonds is 45. The van der Waals surface area contributed by atoms with E-state index < -0.39 is 21.7 Å². The zero-order valence-corrected chi connectivity index (χ0v) is 76.7. The third kappa shape index (κ3) is 22.6. The topological polar surface area (TPSA) is 196 Å². The van der Waals surface area contributed by atoms with Crippen molar-refractivity contribution >= 4 is 42.5 Å². The normalized spacial score (nSPS) is 32.9. The van der Waals surface area contributed by atoms with Crippen LogP contribution in [0.3, 0.4) is 0 Å².